The van der Waals surface area contributed by atoms with Crippen molar-refractivity contribution in [1.29, 1.82) is 0 Å². The van der Waals surface area contributed by atoms with Crippen LogP contribution in [0, 0.1) is 0 Å². The van der Waals surface area contributed by atoms with E-state index in [0.29, 0.717) is 26.2 Å². The van der Waals surface area contributed by atoms with Crippen LogP contribution in [0.15, 0.2) is 0 Å². The Bertz CT molecular complexity index is 73.5. The van der Waals surface area contributed by atoms with Crippen molar-refractivity contribution in [3.8, 4) is 0 Å². The fourth-order valence-corrected chi connectivity index (χ4v) is 0. The summed E-state index contributed by atoms with van der Waals surface area (Å²) in [4.78, 5) is 0. The van der Waals surface area contributed by atoms with Crippen LogP contribution >= 0.6 is 0 Å². The van der Waals surface area contributed by atoms with Gasteiger partial charge in [-0.15, -0.1) is 0 Å². The molecule has 0 atom stereocenters. The monoisotopic (exact) mass is 379 g/mol. The molecule has 8 heteroatoms. The third-order valence-electron chi connectivity index (χ3n) is 0.333. The van der Waals surface area contributed by atoms with E-state index in [9.17, 15) is 0 Å². The summed E-state index contributed by atoms with van der Waals surface area (Å²) < 4.78 is 17.0. The molecular weight excluding hydrogens is 362 g/mol. The fourth-order valence-electron chi connectivity index (χ4n) is 0. The Kier molecular flexibility index (Phi) is 80.7. The Balaban J connectivity index is -0.0000000389. The molecule has 0 aliphatic heterocycles. The van der Waals surface area contributed by atoms with Crippen LogP contribution in [0.5, 0.6) is 0 Å². The van der Waals surface area contributed by atoms with Crippen LogP contribution in [0.25, 0.3) is 0 Å². The summed E-state index contributed by atoms with van der Waals surface area (Å²) in [5, 5.41) is 0. The van der Waals surface area contributed by atoms with Gasteiger partial charge in [0.05, 0.1) is 0 Å². The molecule has 0 saturated heterocycles. The van der Waals surface area contributed by atoms with Crippen LogP contribution in [-0.4, -0.2) is 26.2 Å². The van der Waals surface area contributed by atoms with E-state index in [0.717, 1.165) is 0 Å². The molecule has 0 saturated carbocycles. The first-order valence-corrected chi connectivity index (χ1v) is 5.00. The van der Waals surface area contributed by atoms with Crippen LogP contribution in [-0.2, 0) is 24.4 Å². The molecule has 0 unspecified atom stereocenters. The first kappa shape index (κ1) is 22.8. The Morgan fingerprint density at radius 3 is 0.833 bits per heavy atom. The van der Waals surface area contributed by atoms with E-state index in [1.807, 2.05) is 0 Å². The molecule has 0 aliphatic carbocycles. The Hall–Kier alpha value is 0.366. The molecule has 0 aromatic heterocycles. The molecule has 0 rings (SSSR count). The predicted molar refractivity (Wildman–Crippen MR) is 37.6 cm³/mol. The maximum atomic E-state index is 8.51. The molecule has 0 spiro atoms. The summed E-state index contributed by atoms with van der Waals surface area (Å²) >= 11 is -2.08. The van der Waals surface area contributed by atoms with Crippen LogP contribution in [0.2, 0.25) is 0 Å². The van der Waals surface area contributed by atoms with E-state index in [4.69, 9.17) is 30.0 Å². The first-order valence-electron chi connectivity index (χ1n) is 2.92. The van der Waals surface area contributed by atoms with Crippen LogP contribution < -0.4 is 35.3 Å². The predicted octanol–water partition coefficient (Wildman–Crippen LogP) is -5.43. The van der Waals surface area contributed by atoms with Crippen molar-refractivity contribution in [2.75, 3.05) is 26.2 Å². The van der Waals surface area contributed by atoms with E-state index in [1.54, 1.807) is 0 Å². The van der Waals surface area contributed by atoms with Crippen molar-refractivity contribution in [3.05, 3.63) is 0 Å². The summed E-state index contributed by atoms with van der Waals surface area (Å²) in [5.41, 5.74) is 19.6. The van der Waals surface area contributed by atoms with Crippen LogP contribution in [0.1, 0.15) is 0 Å². The third-order valence-corrected chi connectivity index (χ3v) is 0.333. The zero-order chi connectivity index (χ0) is 9.54. The van der Waals surface area contributed by atoms with Gasteiger partial charge in [0.25, 0.3) is 0 Å². The summed E-state index contributed by atoms with van der Waals surface area (Å²) in [7, 11) is 0. The van der Waals surface area contributed by atoms with Gasteiger partial charge < -0.3 is 35.3 Å². The fraction of sp³-hybridized carbons (Fsp3) is 1.00. The SMILES string of the molecule is NCCN.NCCN.[Cl-].[O]=[Os+2]=[O]. The molecule has 0 amide bonds. The van der Waals surface area contributed by atoms with Gasteiger partial charge >= 0.3 is 24.4 Å². The summed E-state index contributed by atoms with van der Waals surface area (Å²) in [6, 6.07) is 0. The van der Waals surface area contributed by atoms with Gasteiger partial charge in [-0.25, -0.2) is 0 Å². The van der Waals surface area contributed by atoms with E-state index in [2.05, 4.69) is 0 Å². The quantitative estimate of drug-likeness (QED) is 0.379. The van der Waals surface area contributed by atoms with Gasteiger partial charge in [0.2, 0.25) is 0 Å². The summed E-state index contributed by atoms with van der Waals surface area (Å²) in [5.74, 6) is 0. The van der Waals surface area contributed by atoms with Gasteiger partial charge in [0.15, 0.2) is 0 Å². The molecular formula is C4H16ClN4O2Os+. The average Bonchev–Trinajstić information content (AvgIpc) is 2.06. The van der Waals surface area contributed by atoms with Gasteiger partial charge in [-0.2, -0.15) is 0 Å². The van der Waals surface area contributed by atoms with Crippen molar-refractivity contribution in [1.82, 2.24) is 0 Å². The van der Waals surface area contributed by atoms with Crippen LogP contribution in [0.3, 0.4) is 0 Å². The average molecular weight is 378 g/mol. The van der Waals surface area contributed by atoms with Gasteiger partial charge in [0, 0.05) is 26.2 Å². The zero-order valence-electron chi connectivity index (χ0n) is 6.69. The van der Waals surface area contributed by atoms with Gasteiger partial charge in [-0.3, -0.25) is 0 Å². The Morgan fingerprint density at radius 1 is 0.750 bits per heavy atom. The summed E-state index contributed by atoms with van der Waals surface area (Å²) in [6.45, 7) is 2.39. The van der Waals surface area contributed by atoms with E-state index < -0.39 is 17.3 Å². The topological polar surface area (TPSA) is 138 Å². The molecule has 0 aromatic rings. The number of halogens is 1. The molecule has 12 heavy (non-hydrogen) atoms. The Morgan fingerprint density at radius 2 is 0.833 bits per heavy atom. The van der Waals surface area contributed by atoms with E-state index in [1.165, 1.54) is 0 Å². The number of nitrogens with two attached hydrogens (primary N) is 4. The Labute approximate surface area is 86.1 Å². The molecule has 78 valence electrons. The second-order valence-corrected chi connectivity index (χ2v) is 1.64. The molecule has 0 heterocycles. The maximum absolute atomic E-state index is 8.51. The van der Waals surface area contributed by atoms with E-state index in [-0.39, 0.29) is 12.4 Å². The van der Waals surface area contributed by atoms with Crippen molar-refractivity contribution >= 4 is 0 Å². The normalized spacial score (nSPS) is 6.00. The van der Waals surface area contributed by atoms with Crippen molar-refractivity contribution < 1.29 is 36.8 Å². The molecule has 0 fully saturated rings. The second kappa shape index (κ2) is 42.4. The molecule has 0 bridgehead atoms. The number of hydrogen-bond donors (Lipinski definition) is 4. The van der Waals surface area contributed by atoms with Crippen molar-refractivity contribution in [2.24, 2.45) is 22.9 Å². The molecule has 0 radical (unpaired) electrons. The van der Waals surface area contributed by atoms with Gasteiger partial charge in [-0.1, -0.05) is 0 Å². The van der Waals surface area contributed by atoms with E-state index >= 15 is 0 Å². The standard InChI is InChI=1S/2C2H8N2.ClH.2O.Os/c2*3-1-2-4;;;;/h2*1-4H2;1H;;;/q;;;;;+2/p-1. The minimum atomic E-state index is -2.08. The number of rotatable bonds is 2. The molecule has 0 aromatic carbocycles. The molecule has 8 N–H and O–H groups in total. The van der Waals surface area contributed by atoms with Crippen LogP contribution in [0.4, 0.5) is 0 Å². The number of hydrogen-bond acceptors (Lipinski definition) is 6. The summed E-state index contributed by atoms with van der Waals surface area (Å²) in [6.07, 6.45) is 0. The molecule has 0 aliphatic rings. The third kappa shape index (κ3) is 162. The van der Waals surface area contributed by atoms with Gasteiger partial charge in [-0.05, 0) is 0 Å². The molecule has 6 nitrogen and oxygen atoms in total. The van der Waals surface area contributed by atoms with Crippen molar-refractivity contribution in [2.45, 2.75) is 0 Å². The minimum absolute atomic E-state index is 0. The zero-order valence-corrected chi connectivity index (χ0v) is 9.98. The van der Waals surface area contributed by atoms with Crippen molar-refractivity contribution in [3.63, 3.8) is 0 Å². The first-order chi connectivity index (χ1) is 5.24. The second-order valence-electron chi connectivity index (χ2n) is 1.21. The van der Waals surface area contributed by atoms with Gasteiger partial charge in [0.1, 0.15) is 0 Å².